The summed E-state index contributed by atoms with van der Waals surface area (Å²) in [7, 11) is 0. The van der Waals surface area contributed by atoms with Crippen LogP contribution in [0, 0.1) is 6.92 Å². The van der Waals surface area contributed by atoms with Crippen LogP contribution in [-0.4, -0.2) is 16.2 Å². The van der Waals surface area contributed by atoms with Gasteiger partial charge < -0.3 is 15.2 Å². The molecule has 3 aromatic rings. The fourth-order valence-electron chi connectivity index (χ4n) is 2.24. The van der Waals surface area contributed by atoms with Crippen molar-refractivity contribution in [1.29, 1.82) is 0 Å². The fourth-order valence-corrected chi connectivity index (χ4v) is 2.24. The maximum Gasteiger partial charge on any atom is 0.323 e. The molecule has 0 saturated carbocycles. The second-order valence-corrected chi connectivity index (χ2v) is 5.34. The zero-order valence-electron chi connectivity index (χ0n) is 13.5. The molecule has 0 saturated heterocycles. The topological polar surface area (TPSA) is 80.0 Å². The summed E-state index contributed by atoms with van der Waals surface area (Å²) in [6.45, 7) is 3.83. The van der Waals surface area contributed by atoms with Gasteiger partial charge in [0.05, 0.1) is 0 Å². The number of nitrogens with one attached hydrogen (secondary N) is 2. The van der Waals surface area contributed by atoms with Crippen molar-refractivity contribution in [3.8, 4) is 11.4 Å². The predicted molar refractivity (Wildman–Crippen MR) is 92.9 cm³/mol. The van der Waals surface area contributed by atoms with E-state index >= 15 is 0 Å². The van der Waals surface area contributed by atoms with Crippen molar-refractivity contribution in [2.75, 3.05) is 10.6 Å². The molecule has 2 aromatic carbocycles. The summed E-state index contributed by atoms with van der Waals surface area (Å²) in [4.78, 5) is 16.2. The Kier molecular flexibility index (Phi) is 4.56. The minimum absolute atomic E-state index is 0.289. The molecule has 122 valence electrons. The number of nitrogens with zero attached hydrogens (tertiary/aromatic N) is 2. The van der Waals surface area contributed by atoms with Crippen LogP contribution in [0.1, 0.15) is 18.4 Å². The van der Waals surface area contributed by atoms with Crippen molar-refractivity contribution in [1.82, 2.24) is 10.1 Å². The average molecular weight is 322 g/mol. The molecule has 0 fully saturated rings. The predicted octanol–water partition coefficient (Wildman–Crippen LogP) is 4.25. The molecule has 1 heterocycles. The van der Waals surface area contributed by atoms with Crippen LogP contribution in [0.5, 0.6) is 0 Å². The summed E-state index contributed by atoms with van der Waals surface area (Å²) in [6.07, 6.45) is 0.971. The summed E-state index contributed by atoms with van der Waals surface area (Å²) >= 11 is 0. The lowest BCUT2D eigenvalue weighted by atomic mass is 10.1. The lowest BCUT2D eigenvalue weighted by Gasteiger charge is -2.08. The zero-order chi connectivity index (χ0) is 16.9. The highest BCUT2D eigenvalue weighted by Crippen LogP contribution is 2.19. The first kappa shape index (κ1) is 15.7. The van der Waals surface area contributed by atoms with Gasteiger partial charge in [-0.15, -0.1) is 0 Å². The van der Waals surface area contributed by atoms with Gasteiger partial charge in [-0.1, -0.05) is 24.2 Å². The van der Waals surface area contributed by atoms with E-state index in [4.69, 9.17) is 4.52 Å². The van der Waals surface area contributed by atoms with Gasteiger partial charge in [0.25, 0.3) is 0 Å². The van der Waals surface area contributed by atoms with Gasteiger partial charge in [0.15, 0.2) is 0 Å². The van der Waals surface area contributed by atoms with Gasteiger partial charge in [0.2, 0.25) is 11.7 Å². The molecule has 0 aliphatic rings. The monoisotopic (exact) mass is 322 g/mol. The first-order valence-corrected chi connectivity index (χ1v) is 7.72. The van der Waals surface area contributed by atoms with Gasteiger partial charge in [0, 0.05) is 23.9 Å². The third-order valence-electron chi connectivity index (χ3n) is 3.55. The van der Waals surface area contributed by atoms with E-state index in [1.165, 1.54) is 5.56 Å². The molecule has 0 aliphatic heterocycles. The van der Waals surface area contributed by atoms with Crippen molar-refractivity contribution >= 4 is 17.4 Å². The van der Waals surface area contributed by atoms with Crippen molar-refractivity contribution in [3.05, 3.63) is 60.0 Å². The van der Waals surface area contributed by atoms with Gasteiger partial charge in [0.1, 0.15) is 0 Å². The van der Waals surface area contributed by atoms with Gasteiger partial charge in [-0.3, -0.25) is 0 Å². The molecule has 6 nitrogen and oxygen atoms in total. The van der Waals surface area contributed by atoms with Crippen LogP contribution >= 0.6 is 0 Å². The number of hydrogen-bond donors (Lipinski definition) is 2. The maximum absolute atomic E-state index is 12.0. The molecular formula is C18H18N4O2. The van der Waals surface area contributed by atoms with Crippen LogP contribution in [0.3, 0.4) is 0 Å². The first-order chi connectivity index (χ1) is 11.6. The molecular weight excluding hydrogens is 304 g/mol. The van der Waals surface area contributed by atoms with E-state index < -0.39 is 0 Å². The Morgan fingerprint density at radius 2 is 1.58 bits per heavy atom. The molecule has 0 aliphatic carbocycles. The smallest absolute Gasteiger partial charge is 0.323 e. The average Bonchev–Trinajstić information content (AvgIpc) is 3.02. The lowest BCUT2D eigenvalue weighted by Crippen LogP contribution is -2.19. The van der Waals surface area contributed by atoms with E-state index in [9.17, 15) is 4.79 Å². The Morgan fingerprint density at radius 3 is 2.08 bits per heavy atom. The lowest BCUT2D eigenvalue weighted by molar-refractivity contribution is 0.262. The van der Waals surface area contributed by atoms with Crippen LogP contribution in [0.25, 0.3) is 11.4 Å². The summed E-state index contributed by atoms with van der Waals surface area (Å²) in [5, 5.41) is 9.45. The summed E-state index contributed by atoms with van der Waals surface area (Å²) in [5.41, 5.74) is 3.49. The quantitative estimate of drug-likeness (QED) is 0.752. The van der Waals surface area contributed by atoms with Crippen molar-refractivity contribution in [2.45, 2.75) is 20.3 Å². The van der Waals surface area contributed by atoms with Crippen LogP contribution in [0.15, 0.2) is 53.1 Å². The van der Waals surface area contributed by atoms with Gasteiger partial charge in [-0.2, -0.15) is 4.98 Å². The van der Waals surface area contributed by atoms with Crippen LogP contribution in [0.4, 0.5) is 16.2 Å². The molecule has 24 heavy (non-hydrogen) atoms. The number of amides is 2. The molecule has 2 amide bonds. The van der Waals surface area contributed by atoms with Crippen molar-refractivity contribution < 1.29 is 9.32 Å². The normalized spacial score (nSPS) is 10.4. The molecule has 1 aromatic heterocycles. The van der Waals surface area contributed by atoms with E-state index in [1.807, 2.05) is 36.4 Å². The summed E-state index contributed by atoms with van der Waals surface area (Å²) in [6, 6.07) is 14.7. The van der Waals surface area contributed by atoms with E-state index in [1.54, 1.807) is 19.1 Å². The van der Waals surface area contributed by atoms with E-state index in [-0.39, 0.29) is 6.03 Å². The molecule has 0 bridgehead atoms. The zero-order valence-corrected chi connectivity index (χ0v) is 13.5. The maximum atomic E-state index is 12.0. The van der Waals surface area contributed by atoms with Crippen LogP contribution in [-0.2, 0) is 6.42 Å². The first-order valence-electron chi connectivity index (χ1n) is 7.72. The molecule has 0 radical (unpaired) electrons. The fraction of sp³-hybridized carbons (Fsp3) is 0.167. The molecule has 0 spiro atoms. The number of aryl methyl sites for hydroxylation is 2. The molecule has 2 N–H and O–H groups in total. The number of aromatic nitrogens is 2. The molecule has 0 atom stereocenters. The van der Waals surface area contributed by atoms with Gasteiger partial charge >= 0.3 is 6.03 Å². The second-order valence-electron chi connectivity index (χ2n) is 5.34. The van der Waals surface area contributed by atoms with Crippen LogP contribution in [0.2, 0.25) is 0 Å². The second kappa shape index (κ2) is 6.95. The minimum Gasteiger partial charge on any atom is -0.339 e. The SMILES string of the molecule is CCc1ccc(NC(=O)Nc2ccc(-c3noc(C)n3)cc2)cc1. The minimum atomic E-state index is -0.289. The van der Waals surface area contributed by atoms with Gasteiger partial charge in [-0.25, -0.2) is 4.79 Å². The number of hydrogen-bond acceptors (Lipinski definition) is 4. The Morgan fingerprint density at radius 1 is 1.00 bits per heavy atom. The molecule has 6 heteroatoms. The number of urea groups is 1. The Balaban J connectivity index is 1.61. The third kappa shape index (κ3) is 3.78. The van der Waals surface area contributed by atoms with Crippen LogP contribution < -0.4 is 10.6 Å². The Labute approximate surface area is 139 Å². The highest BCUT2D eigenvalue weighted by molar-refractivity contribution is 5.99. The molecule has 3 rings (SSSR count). The Hall–Kier alpha value is -3.15. The van der Waals surface area contributed by atoms with E-state index in [2.05, 4.69) is 27.7 Å². The van der Waals surface area contributed by atoms with Crippen molar-refractivity contribution in [2.24, 2.45) is 0 Å². The molecule has 0 unspecified atom stereocenters. The number of rotatable bonds is 4. The third-order valence-corrected chi connectivity index (χ3v) is 3.55. The highest BCUT2D eigenvalue weighted by Gasteiger charge is 2.07. The van der Waals surface area contributed by atoms with Crippen molar-refractivity contribution in [3.63, 3.8) is 0 Å². The number of benzene rings is 2. The highest BCUT2D eigenvalue weighted by atomic mass is 16.5. The summed E-state index contributed by atoms with van der Waals surface area (Å²) < 4.78 is 4.96. The van der Waals surface area contributed by atoms with Gasteiger partial charge in [-0.05, 0) is 48.4 Å². The standard InChI is InChI=1S/C18H18N4O2/c1-3-13-4-8-15(9-5-13)20-18(23)21-16-10-6-14(7-11-16)17-19-12(2)24-22-17/h4-11H,3H2,1-2H3,(H2,20,21,23). The number of anilines is 2. The number of carbonyl (C=O) groups is 1. The Bertz CT molecular complexity index is 823. The number of carbonyl (C=O) groups excluding carboxylic acids is 1. The van der Waals surface area contributed by atoms with E-state index in [0.717, 1.165) is 17.7 Å². The summed E-state index contributed by atoms with van der Waals surface area (Å²) in [5.74, 6) is 1.04. The van der Waals surface area contributed by atoms with E-state index in [0.29, 0.717) is 17.4 Å². The largest absolute Gasteiger partial charge is 0.339 e.